The first-order valence-corrected chi connectivity index (χ1v) is 7.28. The van der Waals surface area contributed by atoms with Crippen LogP contribution in [0.3, 0.4) is 0 Å². The number of nitrogens with two attached hydrogens (primary N) is 1. The number of carbonyl (C=O) groups is 1. The van der Waals surface area contributed by atoms with Gasteiger partial charge >= 0.3 is 0 Å². The van der Waals surface area contributed by atoms with Gasteiger partial charge in [0.25, 0.3) is 0 Å². The Morgan fingerprint density at radius 2 is 2.00 bits per heavy atom. The molecule has 0 radical (unpaired) electrons. The highest BCUT2D eigenvalue weighted by Crippen LogP contribution is 2.25. The van der Waals surface area contributed by atoms with Crippen LogP contribution in [0.25, 0.3) is 0 Å². The third-order valence-corrected chi connectivity index (χ3v) is 3.75. The SMILES string of the molecule is CCC(CCN)CCC(=O)Nc1cc(C)c(O)cc1C. The maximum atomic E-state index is 12.0. The zero-order chi connectivity index (χ0) is 15.1. The molecule has 20 heavy (non-hydrogen) atoms. The Morgan fingerprint density at radius 3 is 2.60 bits per heavy atom. The van der Waals surface area contributed by atoms with Gasteiger partial charge in [0, 0.05) is 12.1 Å². The fraction of sp³-hybridized carbons (Fsp3) is 0.562. The predicted molar refractivity (Wildman–Crippen MR) is 82.9 cm³/mol. The molecule has 0 fully saturated rings. The number of anilines is 1. The second-order valence-electron chi connectivity index (χ2n) is 5.39. The minimum absolute atomic E-state index is 0.0219. The van der Waals surface area contributed by atoms with Crippen LogP contribution < -0.4 is 11.1 Å². The largest absolute Gasteiger partial charge is 0.508 e. The molecule has 0 heterocycles. The van der Waals surface area contributed by atoms with Gasteiger partial charge < -0.3 is 16.2 Å². The maximum absolute atomic E-state index is 12.0. The lowest BCUT2D eigenvalue weighted by Gasteiger charge is -2.14. The lowest BCUT2D eigenvalue weighted by molar-refractivity contribution is -0.116. The molecule has 1 unspecified atom stereocenters. The Hall–Kier alpha value is -1.55. The van der Waals surface area contributed by atoms with Crippen molar-refractivity contribution in [3.63, 3.8) is 0 Å². The standard InChI is InChI=1S/C16H26N2O2/c1-4-13(7-8-17)5-6-16(20)18-14-9-12(3)15(19)10-11(14)2/h9-10,13,19H,4-8,17H2,1-3H3,(H,18,20). The molecule has 1 rings (SSSR count). The number of phenols is 1. The first-order chi connectivity index (χ1) is 9.47. The van der Waals surface area contributed by atoms with Crippen LogP contribution in [0.2, 0.25) is 0 Å². The summed E-state index contributed by atoms with van der Waals surface area (Å²) in [5.41, 5.74) is 7.97. The van der Waals surface area contributed by atoms with Gasteiger partial charge in [0.1, 0.15) is 5.75 Å². The molecular formula is C16H26N2O2. The molecule has 0 saturated carbocycles. The van der Waals surface area contributed by atoms with E-state index in [-0.39, 0.29) is 11.7 Å². The number of phenolic OH excluding ortho intramolecular Hbond substituents is 1. The summed E-state index contributed by atoms with van der Waals surface area (Å²) in [6, 6.07) is 3.48. The van der Waals surface area contributed by atoms with Gasteiger partial charge in [0.2, 0.25) is 5.91 Å². The fourth-order valence-electron chi connectivity index (χ4n) is 2.27. The minimum atomic E-state index is 0.0219. The van der Waals surface area contributed by atoms with Crippen molar-refractivity contribution < 1.29 is 9.90 Å². The summed E-state index contributed by atoms with van der Waals surface area (Å²) in [5, 5.41) is 12.5. The topological polar surface area (TPSA) is 75.4 Å². The van der Waals surface area contributed by atoms with Gasteiger partial charge in [-0.1, -0.05) is 13.3 Å². The predicted octanol–water partition coefficient (Wildman–Crippen LogP) is 3.10. The maximum Gasteiger partial charge on any atom is 0.224 e. The van der Waals surface area contributed by atoms with E-state index in [9.17, 15) is 9.90 Å². The van der Waals surface area contributed by atoms with Crippen molar-refractivity contribution in [2.45, 2.75) is 46.5 Å². The van der Waals surface area contributed by atoms with Crippen LogP contribution in [0.1, 0.15) is 43.7 Å². The highest BCUT2D eigenvalue weighted by atomic mass is 16.3. The highest BCUT2D eigenvalue weighted by molar-refractivity contribution is 5.91. The van der Waals surface area contributed by atoms with Crippen LogP contribution in [0, 0.1) is 19.8 Å². The van der Waals surface area contributed by atoms with Crippen LogP contribution in [-0.4, -0.2) is 17.6 Å². The molecule has 0 aliphatic carbocycles. The van der Waals surface area contributed by atoms with Gasteiger partial charge in [-0.25, -0.2) is 0 Å². The lowest BCUT2D eigenvalue weighted by atomic mass is 9.96. The summed E-state index contributed by atoms with van der Waals surface area (Å²) in [4.78, 5) is 12.0. The van der Waals surface area contributed by atoms with Crippen molar-refractivity contribution >= 4 is 11.6 Å². The average Bonchev–Trinajstić information content (AvgIpc) is 2.40. The monoisotopic (exact) mass is 278 g/mol. The summed E-state index contributed by atoms with van der Waals surface area (Å²) in [7, 11) is 0. The van der Waals surface area contributed by atoms with E-state index < -0.39 is 0 Å². The van der Waals surface area contributed by atoms with Crippen LogP contribution in [0.5, 0.6) is 5.75 Å². The lowest BCUT2D eigenvalue weighted by Crippen LogP contribution is -2.15. The van der Waals surface area contributed by atoms with E-state index in [1.165, 1.54) is 0 Å². The third kappa shape index (κ3) is 4.85. The zero-order valence-electron chi connectivity index (χ0n) is 12.7. The summed E-state index contributed by atoms with van der Waals surface area (Å²) < 4.78 is 0. The molecule has 1 aromatic carbocycles. The number of nitrogens with one attached hydrogen (secondary N) is 1. The molecule has 1 atom stereocenters. The first kappa shape index (κ1) is 16.5. The molecule has 4 N–H and O–H groups in total. The van der Waals surface area contributed by atoms with Crippen LogP contribution in [0.15, 0.2) is 12.1 Å². The number of aryl methyl sites for hydroxylation is 2. The van der Waals surface area contributed by atoms with Crippen LogP contribution in [-0.2, 0) is 4.79 Å². The third-order valence-electron chi connectivity index (χ3n) is 3.75. The Kier molecular flexibility index (Phi) is 6.52. The van der Waals surface area contributed by atoms with E-state index in [1.807, 2.05) is 13.8 Å². The molecular weight excluding hydrogens is 252 g/mol. The van der Waals surface area contributed by atoms with E-state index in [0.29, 0.717) is 18.9 Å². The number of benzene rings is 1. The molecule has 0 aliphatic rings. The van der Waals surface area contributed by atoms with Crippen molar-refractivity contribution in [3.8, 4) is 5.75 Å². The first-order valence-electron chi connectivity index (χ1n) is 7.28. The quantitative estimate of drug-likeness (QED) is 0.671. The van der Waals surface area contributed by atoms with Gasteiger partial charge in [-0.3, -0.25) is 4.79 Å². The van der Waals surface area contributed by atoms with Crippen molar-refractivity contribution in [2.24, 2.45) is 11.7 Å². The van der Waals surface area contributed by atoms with Gasteiger partial charge in [-0.2, -0.15) is 0 Å². The number of hydrogen-bond donors (Lipinski definition) is 3. The Bertz CT molecular complexity index is 458. The molecule has 0 aliphatic heterocycles. The van der Waals surface area contributed by atoms with E-state index >= 15 is 0 Å². The molecule has 4 nitrogen and oxygen atoms in total. The second-order valence-corrected chi connectivity index (χ2v) is 5.39. The second kappa shape index (κ2) is 7.90. The van der Waals surface area contributed by atoms with E-state index in [1.54, 1.807) is 12.1 Å². The summed E-state index contributed by atoms with van der Waals surface area (Å²) in [6.45, 7) is 6.50. The normalized spacial score (nSPS) is 12.2. The molecule has 112 valence electrons. The fourth-order valence-corrected chi connectivity index (χ4v) is 2.27. The van der Waals surface area contributed by atoms with Crippen molar-refractivity contribution in [2.75, 3.05) is 11.9 Å². The molecule has 4 heteroatoms. The van der Waals surface area contributed by atoms with Crippen molar-refractivity contribution in [1.29, 1.82) is 0 Å². The zero-order valence-corrected chi connectivity index (χ0v) is 12.7. The number of hydrogen-bond acceptors (Lipinski definition) is 3. The van der Waals surface area contributed by atoms with Crippen LogP contribution in [0.4, 0.5) is 5.69 Å². The number of aromatic hydroxyl groups is 1. The van der Waals surface area contributed by atoms with Gasteiger partial charge in [0.05, 0.1) is 0 Å². The van der Waals surface area contributed by atoms with E-state index in [2.05, 4.69) is 12.2 Å². The smallest absolute Gasteiger partial charge is 0.224 e. The summed E-state index contributed by atoms with van der Waals surface area (Å²) >= 11 is 0. The molecule has 1 amide bonds. The van der Waals surface area contributed by atoms with Gasteiger partial charge in [-0.15, -0.1) is 0 Å². The summed E-state index contributed by atoms with van der Waals surface area (Å²) in [5.74, 6) is 0.802. The Balaban J connectivity index is 2.56. The molecule has 0 aromatic heterocycles. The van der Waals surface area contributed by atoms with E-state index in [0.717, 1.165) is 36.1 Å². The number of amides is 1. The Morgan fingerprint density at radius 1 is 1.30 bits per heavy atom. The van der Waals surface area contributed by atoms with Crippen LogP contribution >= 0.6 is 0 Å². The van der Waals surface area contributed by atoms with Crippen molar-refractivity contribution in [1.82, 2.24) is 0 Å². The molecule has 0 saturated heterocycles. The molecule has 0 bridgehead atoms. The number of carbonyl (C=O) groups excluding carboxylic acids is 1. The van der Waals surface area contributed by atoms with Gasteiger partial charge in [-0.05, 0) is 62.4 Å². The van der Waals surface area contributed by atoms with Gasteiger partial charge in [0.15, 0.2) is 0 Å². The summed E-state index contributed by atoms with van der Waals surface area (Å²) in [6.07, 6.45) is 3.41. The number of rotatable bonds is 7. The van der Waals surface area contributed by atoms with E-state index in [4.69, 9.17) is 5.73 Å². The van der Waals surface area contributed by atoms with Crippen molar-refractivity contribution in [3.05, 3.63) is 23.3 Å². The highest BCUT2D eigenvalue weighted by Gasteiger charge is 2.11. The Labute approximate surface area is 121 Å². The molecule has 0 spiro atoms. The average molecular weight is 278 g/mol. The molecule has 1 aromatic rings. The minimum Gasteiger partial charge on any atom is -0.508 e.